The Hall–Kier alpha value is -2.69. The number of carbonyl (C=O) groups excluding carboxylic acids is 1. The second-order valence-corrected chi connectivity index (χ2v) is 4.22. The number of aryl methyl sites for hydroxylation is 1. The average molecular weight is 260 g/mol. The fourth-order valence-corrected chi connectivity index (χ4v) is 1.80. The maximum atomic E-state index is 12.2. The number of hydrogen-bond donors (Lipinski definition) is 4. The molecule has 0 atom stereocenters. The molecule has 0 saturated heterocycles. The lowest BCUT2D eigenvalue weighted by molar-refractivity contribution is 0.103. The first-order chi connectivity index (χ1) is 8.90. The Morgan fingerprint density at radius 1 is 0.947 bits per heavy atom. The molecule has 19 heavy (non-hydrogen) atoms. The van der Waals surface area contributed by atoms with Crippen molar-refractivity contribution in [3.63, 3.8) is 0 Å². The molecule has 0 bridgehead atoms. The SMILES string of the molecule is Cc1cc(O)cc(C(=O)c2ccc(O)c(O)c2O)c1. The van der Waals surface area contributed by atoms with E-state index in [0.717, 1.165) is 6.07 Å². The van der Waals surface area contributed by atoms with Crippen molar-refractivity contribution in [3.8, 4) is 23.0 Å². The molecule has 0 unspecified atom stereocenters. The Morgan fingerprint density at radius 2 is 1.63 bits per heavy atom. The van der Waals surface area contributed by atoms with Gasteiger partial charge in [-0.15, -0.1) is 0 Å². The second-order valence-electron chi connectivity index (χ2n) is 4.22. The maximum absolute atomic E-state index is 12.2. The van der Waals surface area contributed by atoms with E-state index in [4.69, 9.17) is 0 Å². The van der Waals surface area contributed by atoms with Crippen LogP contribution in [0.1, 0.15) is 21.5 Å². The van der Waals surface area contributed by atoms with Crippen LogP contribution in [-0.2, 0) is 0 Å². The molecule has 0 amide bonds. The number of carbonyl (C=O) groups is 1. The van der Waals surface area contributed by atoms with E-state index in [0.29, 0.717) is 5.56 Å². The molecule has 0 saturated carbocycles. The van der Waals surface area contributed by atoms with Crippen LogP contribution in [0.3, 0.4) is 0 Å². The van der Waals surface area contributed by atoms with Gasteiger partial charge in [0.05, 0.1) is 5.56 Å². The molecule has 2 aromatic rings. The molecule has 0 spiro atoms. The summed E-state index contributed by atoms with van der Waals surface area (Å²) < 4.78 is 0. The lowest BCUT2D eigenvalue weighted by atomic mass is 10.00. The summed E-state index contributed by atoms with van der Waals surface area (Å²) in [4.78, 5) is 12.2. The van der Waals surface area contributed by atoms with Crippen molar-refractivity contribution >= 4 is 5.78 Å². The van der Waals surface area contributed by atoms with Gasteiger partial charge in [-0.3, -0.25) is 4.79 Å². The van der Waals surface area contributed by atoms with Gasteiger partial charge in [0.2, 0.25) is 5.75 Å². The van der Waals surface area contributed by atoms with Crippen LogP contribution < -0.4 is 0 Å². The minimum Gasteiger partial charge on any atom is -0.508 e. The van der Waals surface area contributed by atoms with Crippen LogP contribution >= 0.6 is 0 Å². The molecule has 0 aliphatic rings. The first-order valence-electron chi connectivity index (χ1n) is 5.49. The summed E-state index contributed by atoms with van der Waals surface area (Å²) in [6.07, 6.45) is 0. The predicted molar refractivity (Wildman–Crippen MR) is 67.7 cm³/mol. The molecule has 2 aromatic carbocycles. The topological polar surface area (TPSA) is 98.0 Å². The quantitative estimate of drug-likeness (QED) is 0.489. The molecule has 0 heterocycles. The van der Waals surface area contributed by atoms with Gasteiger partial charge in [0.15, 0.2) is 17.3 Å². The Kier molecular flexibility index (Phi) is 3.04. The van der Waals surface area contributed by atoms with E-state index in [9.17, 15) is 25.2 Å². The Bertz CT molecular complexity index is 641. The van der Waals surface area contributed by atoms with E-state index < -0.39 is 23.0 Å². The third-order valence-corrected chi connectivity index (χ3v) is 2.70. The van der Waals surface area contributed by atoms with Crippen molar-refractivity contribution in [1.82, 2.24) is 0 Å². The number of ketones is 1. The summed E-state index contributed by atoms with van der Waals surface area (Å²) in [5.41, 5.74) is 0.712. The molecule has 0 aliphatic carbocycles. The van der Waals surface area contributed by atoms with E-state index in [1.165, 1.54) is 18.2 Å². The fourth-order valence-electron chi connectivity index (χ4n) is 1.80. The number of aromatic hydroxyl groups is 4. The fraction of sp³-hybridized carbons (Fsp3) is 0.0714. The zero-order chi connectivity index (χ0) is 14.2. The van der Waals surface area contributed by atoms with Crippen LogP contribution in [0.4, 0.5) is 0 Å². The zero-order valence-electron chi connectivity index (χ0n) is 10.1. The summed E-state index contributed by atoms with van der Waals surface area (Å²) in [5, 5.41) is 37.7. The van der Waals surface area contributed by atoms with Crippen molar-refractivity contribution in [2.75, 3.05) is 0 Å². The molecule has 4 N–H and O–H groups in total. The molecule has 0 fully saturated rings. The van der Waals surface area contributed by atoms with Crippen molar-refractivity contribution in [1.29, 1.82) is 0 Å². The van der Waals surface area contributed by atoms with Gasteiger partial charge in [-0.1, -0.05) is 0 Å². The highest BCUT2D eigenvalue weighted by Gasteiger charge is 2.19. The summed E-state index contributed by atoms with van der Waals surface area (Å²) in [6, 6.07) is 6.61. The van der Waals surface area contributed by atoms with Crippen molar-refractivity contribution in [2.45, 2.75) is 6.92 Å². The van der Waals surface area contributed by atoms with Crippen LogP contribution in [0.25, 0.3) is 0 Å². The van der Waals surface area contributed by atoms with Gasteiger partial charge >= 0.3 is 0 Å². The summed E-state index contributed by atoms with van der Waals surface area (Å²) in [5.74, 6) is -2.58. The molecule has 0 radical (unpaired) electrons. The largest absolute Gasteiger partial charge is 0.508 e. The summed E-state index contributed by atoms with van der Waals surface area (Å²) in [7, 11) is 0. The highest BCUT2D eigenvalue weighted by Crippen LogP contribution is 2.38. The highest BCUT2D eigenvalue weighted by molar-refractivity contribution is 6.11. The van der Waals surface area contributed by atoms with E-state index >= 15 is 0 Å². The van der Waals surface area contributed by atoms with Crippen LogP contribution in [0.2, 0.25) is 0 Å². The van der Waals surface area contributed by atoms with Crippen molar-refractivity contribution < 1.29 is 25.2 Å². The second kappa shape index (κ2) is 4.53. The normalized spacial score (nSPS) is 10.4. The molecule has 5 nitrogen and oxygen atoms in total. The van der Waals surface area contributed by atoms with Gasteiger partial charge in [0.1, 0.15) is 5.75 Å². The number of rotatable bonds is 2. The third-order valence-electron chi connectivity index (χ3n) is 2.70. The highest BCUT2D eigenvalue weighted by atomic mass is 16.3. The monoisotopic (exact) mass is 260 g/mol. The predicted octanol–water partition coefficient (Wildman–Crippen LogP) is 2.05. The Morgan fingerprint density at radius 3 is 2.26 bits per heavy atom. The van der Waals surface area contributed by atoms with Crippen LogP contribution in [0, 0.1) is 6.92 Å². The van der Waals surface area contributed by atoms with E-state index in [-0.39, 0.29) is 16.9 Å². The number of phenols is 4. The average Bonchev–Trinajstić information content (AvgIpc) is 2.34. The van der Waals surface area contributed by atoms with E-state index in [2.05, 4.69) is 0 Å². The van der Waals surface area contributed by atoms with Crippen LogP contribution in [0.15, 0.2) is 30.3 Å². The Labute approximate surface area is 109 Å². The third kappa shape index (κ3) is 2.30. The first kappa shape index (κ1) is 12.8. The minimum absolute atomic E-state index is 0.0640. The first-order valence-corrected chi connectivity index (χ1v) is 5.49. The maximum Gasteiger partial charge on any atom is 0.201 e. The molecule has 0 aromatic heterocycles. The van der Waals surface area contributed by atoms with Gasteiger partial charge in [0, 0.05) is 5.56 Å². The zero-order valence-corrected chi connectivity index (χ0v) is 10.1. The molecule has 2 rings (SSSR count). The number of benzene rings is 2. The van der Waals surface area contributed by atoms with Gasteiger partial charge in [0.25, 0.3) is 0 Å². The van der Waals surface area contributed by atoms with Crippen molar-refractivity contribution in [3.05, 3.63) is 47.0 Å². The summed E-state index contributed by atoms with van der Waals surface area (Å²) >= 11 is 0. The van der Waals surface area contributed by atoms with Crippen LogP contribution in [0.5, 0.6) is 23.0 Å². The Balaban J connectivity index is 2.53. The lowest BCUT2D eigenvalue weighted by Gasteiger charge is -2.08. The summed E-state index contributed by atoms with van der Waals surface area (Å²) in [6.45, 7) is 1.71. The van der Waals surface area contributed by atoms with Gasteiger partial charge in [-0.05, 0) is 42.8 Å². The number of hydrogen-bond acceptors (Lipinski definition) is 5. The van der Waals surface area contributed by atoms with Gasteiger partial charge < -0.3 is 20.4 Å². The standard InChI is InChI=1S/C14H12O5/c1-7-4-8(6-9(15)5-7)12(17)10-2-3-11(16)14(19)13(10)18/h2-6,15-16,18-19H,1H3. The van der Waals surface area contributed by atoms with E-state index in [1.54, 1.807) is 13.0 Å². The minimum atomic E-state index is -0.747. The van der Waals surface area contributed by atoms with Crippen molar-refractivity contribution in [2.24, 2.45) is 0 Å². The molecule has 5 heteroatoms. The smallest absolute Gasteiger partial charge is 0.201 e. The molecule has 98 valence electrons. The van der Waals surface area contributed by atoms with Gasteiger partial charge in [-0.2, -0.15) is 0 Å². The molecule has 0 aliphatic heterocycles. The van der Waals surface area contributed by atoms with Crippen LogP contribution in [-0.4, -0.2) is 26.2 Å². The molecular weight excluding hydrogens is 248 g/mol. The lowest BCUT2D eigenvalue weighted by Crippen LogP contribution is -2.02. The van der Waals surface area contributed by atoms with E-state index in [1.807, 2.05) is 0 Å². The number of phenolic OH excluding ortho intramolecular Hbond substituents is 4. The van der Waals surface area contributed by atoms with Gasteiger partial charge in [-0.25, -0.2) is 0 Å². The molecular formula is C14H12O5.